The fraction of sp³-hybridized carbons (Fsp3) is 0.478. The van der Waals surface area contributed by atoms with Crippen molar-refractivity contribution in [3.05, 3.63) is 95.1 Å². The van der Waals surface area contributed by atoms with Crippen LogP contribution in [0.4, 0.5) is 0 Å². The first kappa shape index (κ1) is 32.3. The Bertz CT molecular complexity index is 1640. The van der Waals surface area contributed by atoms with E-state index in [2.05, 4.69) is 72.8 Å². The Kier molecular flexibility index (Phi) is 8.65. The first-order chi connectivity index (χ1) is 25.7. The van der Waals surface area contributed by atoms with E-state index in [9.17, 15) is 0 Å². The summed E-state index contributed by atoms with van der Waals surface area (Å²) in [5.41, 5.74) is 4.60. The summed E-state index contributed by atoms with van der Waals surface area (Å²) in [7, 11) is 0. The molecule has 10 rings (SSSR count). The van der Waals surface area contributed by atoms with Gasteiger partial charge < -0.3 is 28.4 Å². The van der Waals surface area contributed by atoms with Crippen LogP contribution in [0.1, 0.15) is 137 Å². The molecule has 2 heterocycles. The summed E-state index contributed by atoms with van der Waals surface area (Å²) >= 11 is 0. The van der Waals surface area contributed by atoms with Crippen molar-refractivity contribution >= 4 is 0 Å². The number of ether oxygens (including phenoxy) is 6. The Morgan fingerprint density at radius 1 is 0.327 bits per heavy atom. The lowest BCUT2D eigenvalue weighted by atomic mass is 9.71. The third kappa shape index (κ3) is 6.37. The first-order valence-corrected chi connectivity index (χ1v) is 20.3. The number of hydrogen-bond donors (Lipinski definition) is 0. The van der Waals surface area contributed by atoms with E-state index in [-0.39, 0.29) is 36.3 Å². The van der Waals surface area contributed by atoms with Crippen molar-refractivity contribution < 1.29 is 28.4 Å². The highest BCUT2D eigenvalue weighted by atomic mass is 16.5. The van der Waals surface area contributed by atoms with Crippen molar-refractivity contribution in [2.45, 2.75) is 139 Å². The largest absolute Gasteiger partial charge is 0.490 e. The number of fused-ring (bicyclic) bond motifs is 4. The zero-order chi connectivity index (χ0) is 34.4. The molecule has 0 saturated heterocycles. The molecule has 6 heteroatoms. The van der Waals surface area contributed by atoms with E-state index in [0.717, 1.165) is 120 Å². The van der Waals surface area contributed by atoms with Gasteiger partial charge in [0.1, 0.15) is 46.0 Å². The van der Waals surface area contributed by atoms with Crippen molar-refractivity contribution in [3.8, 4) is 46.0 Å². The van der Waals surface area contributed by atoms with Crippen molar-refractivity contribution in [1.82, 2.24) is 0 Å². The zero-order valence-corrected chi connectivity index (χ0v) is 30.2. The topological polar surface area (TPSA) is 55.4 Å². The summed E-state index contributed by atoms with van der Waals surface area (Å²) in [5, 5.41) is 0. The molecular weight excluding hydrogens is 649 g/mol. The van der Waals surface area contributed by atoms with Gasteiger partial charge in [0, 0.05) is 58.4 Å². The van der Waals surface area contributed by atoms with E-state index in [1.54, 1.807) is 0 Å². The first-order valence-electron chi connectivity index (χ1n) is 20.3. The van der Waals surface area contributed by atoms with Crippen LogP contribution in [-0.4, -0.2) is 24.4 Å². The van der Waals surface area contributed by atoms with Crippen molar-refractivity contribution in [1.29, 1.82) is 0 Å². The predicted octanol–water partition coefficient (Wildman–Crippen LogP) is 12.1. The van der Waals surface area contributed by atoms with E-state index in [1.165, 1.54) is 51.4 Å². The van der Waals surface area contributed by atoms with Crippen LogP contribution in [0.5, 0.6) is 46.0 Å². The van der Waals surface area contributed by atoms with Crippen LogP contribution < -0.4 is 28.4 Å². The molecule has 0 amide bonds. The molecule has 2 aliphatic heterocycles. The second kappa shape index (κ2) is 13.9. The maximum absolute atomic E-state index is 6.84. The molecule has 6 aliphatic rings. The van der Waals surface area contributed by atoms with Crippen LogP contribution >= 0.6 is 0 Å². The van der Waals surface area contributed by atoms with Gasteiger partial charge in [-0.15, -0.1) is 0 Å². The Hall–Kier alpha value is -4.32. The molecule has 4 aromatic carbocycles. The monoisotopic (exact) mass is 698 g/mol. The maximum Gasteiger partial charge on any atom is 0.134 e. The van der Waals surface area contributed by atoms with Gasteiger partial charge in [0.05, 0.1) is 24.4 Å². The molecule has 0 spiro atoms. The van der Waals surface area contributed by atoms with Crippen LogP contribution in [0, 0.1) is 0 Å². The van der Waals surface area contributed by atoms with Crippen LogP contribution in [0.3, 0.4) is 0 Å². The molecule has 6 nitrogen and oxygen atoms in total. The molecule has 270 valence electrons. The van der Waals surface area contributed by atoms with Gasteiger partial charge in [0.2, 0.25) is 0 Å². The van der Waals surface area contributed by atoms with Gasteiger partial charge in [-0.3, -0.25) is 0 Å². The van der Waals surface area contributed by atoms with E-state index < -0.39 is 0 Å². The van der Waals surface area contributed by atoms with Gasteiger partial charge in [0.15, 0.2) is 0 Å². The van der Waals surface area contributed by atoms with Crippen LogP contribution in [0.25, 0.3) is 0 Å². The number of hydrogen-bond acceptors (Lipinski definition) is 6. The molecule has 4 fully saturated rings. The third-order valence-electron chi connectivity index (χ3n) is 12.5. The molecule has 0 radical (unpaired) electrons. The quantitative estimate of drug-likeness (QED) is 0.173. The van der Waals surface area contributed by atoms with Gasteiger partial charge in [-0.1, -0.05) is 24.3 Å². The van der Waals surface area contributed by atoms with E-state index >= 15 is 0 Å². The predicted molar refractivity (Wildman–Crippen MR) is 201 cm³/mol. The minimum Gasteiger partial charge on any atom is -0.490 e. The molecule has 4 aliphatic carbocycles. The summed E-state index contributed by atoms with van der Waals surface area (Å²) in [4.78, 5) is 0. The highest BCUT2D eigenvalue weighted by Gasteiger charge is 2.41. The molecule has 0 N–H and O–H groups in total. The van der Waals surface area contributed by atoms with Gasteiger partial charge in [-0.2, -0.15) is 0 Å². The lowest BCUT2D eigenvalue weighted by Crippen LogP contribution is -2.23. The second-order valence-electron chi connectivity index (χ2n) is 16.1. The summed E-state index contributed by atoms with van der Waals surface area (Å²) in [5.74, 6) is 6.83. The maximum atomic E-state index is 6.84. The van der Waals surface area contributed by atoms with Gasteiger partial charge in [-0.05, 0) is 127 Å². The van der Waals surface area contributed by atoms with Gasteiger partial charge in [0.25, 0.3) is 0 Å². The minimum absolute atomic E-state index is 0.0376. The van der Waals surface area contributed by atoms with E-state index in [1.807, 2.05) is 0 Å². The molecule has 0 unspecified atom stereocenters. The Morgan fingerprint density at radius 3 is 0.788 bits per heavy atom. The van der Waals surface area contributed by atoms with E-state index in [0.29, 0.717) is 0 Å². The van der Waals surface area contributed by atoms with Gasteiger partial charge >= 0.3 is 0 Å². The highest BCUT2D eigenvalue weighted by Crippen LogP contribution is 2.59. The standard InChI is InChI=1S/C46H50O6/c1-2-10-29(9-1)47-33-17-21-37-41(25-33)51-42-26-34(48-30-11-3-4-12-30)18-22-38(42)45(37)46-39-23-19-35(49-31-13-5-6-14-31)27-43(39)52-44-28-36(20-24-40(44)46)50-32-15-7-8-16-32/h17-32,45-46H,1-16H2. The summed E-state index contributed by atoms with van der Waals surface area (Å²) in [6.07, 6.45) is 19.8. The SMILES string of the molecule is c1cc2c(cc1OC1CCCC1)Oc1cc(OC3CCCC3)ccc1C2C1c2ccc(OC3CCCC3)cc2Oc2cc(OC3CCCC3)ccc21. The van der Waals surface area contributed by atoms with Gasteiger partial charge in [-0.25, -0.2) is 0 Å². The highest BCUT2D eigenvalue weighted by molar-refractivity contribution is 5.65. The van der Waals surface area contributed by atoms with E-state index in [4.69, 9.17) is 28.4 Å². The number of rotatable bonds is 9. The summed E-state index contributed by atoms with van der Waals surface area (Å²) < 4.78 is 39.8. The molecular formula is C46H50O6. The molecule has 4 saturated carbocycles. The fourth-order valence-corrected chi connectivity index (χ4v) is 9.82. The number of benzene rings is 4. The second-order valence-corrected chi connectivity index (χ2v) is 16.1. The third-order valence-corrected chi connectivity index (χ3v) is 12.5. The Morgan fingerprint density at radius 2 is 0.558 bits per heavy atom. The normalized spacial score (nSPS) is 20.8. The van der Waals surface area contributed by atoms with Crippen LogP contribution in [0.15, 0.2) is 72.8 Å². The molecule has 0 aromatic heterocycles. The smallest absolute Gasteiger partial charge is 0.134 e. The average molecular weight is 699 g/mol. The average Bonchev–Trinajstić information content (AvgIpc) is 4.01. The lowest BCUT2D eigenvalue weighted by molar-refractivity contribution is 0.207. The summed E-state index contributed by atoms with van der Waals surface area (Å²) in [6.45, 7) is 0. The fourth-order valence-electron chi connectivity index (χ4n) is 9.82. The minimum atomic E-state index is -0.0376. The summed E-state index contributed by atoms with van der Waals surface area (Å²) in [6, 6.07) is 26.0. The molecule has 0 atom stereocenters. The zero-order valence-electron chi connectivity index (χ0n) is 30.2. The lowest BCUT2D eigenvalue weighted by Gasteiger charge is -2.38. The Balaban J connectivity index is 1.08. The van der Waals surface area contributed by atoms with Crippen molar-refractivity contribution in [2.75, 3.05) is 0 Å². The Labute approximate surface area is 307 Å². The van der Waals surface area contributed by atoms with Crippen molar-refractivity contribution in [3.63, 3.8) is 0 Å². The molecule has 0 bridgehead atoms. The molecule has 4 aromatic rings. The van der Waals surface area contributed by atoms with Crippen LogP contribution in [-0.2, 0) is 0 Å². The van der Waals surface area contributed by atoms with Crippen molar-refractivity contribution in [2.24, 2.45) is 0 Å². The van der Waals surface area contributed by atoms with Crippen LogP contribution in [0.2, 0.25) is 0 Å². The molecule has 52 heavy (non-hydrogen) atoms.